The molecule has 0 aliphatic carbocycles. The van der Waals surface area contributed by atoms with Crippen molar-refractivity contribution in [1.29, 1.82) is 0 Å². The highest BCUT2D eigenvalue weighted by atomic mass is 16.4. The van der Waals surface area contributed by atoms with Crippen LogP contribution in [0.2, 0.25) is 0 Å². The van der Waals surface area contributed by atoms with Gasteiger partial charge in [0.1, 0.15) is 5.75 Å². The average molecular weight is 268 g/mol. The second-order valence-electron chi connectivity index (χ2n) is 4.36. The molecule has 0 spiro atoms. The molecule has 0 heterocycles. The molecule has 0 fully saturated rings. The Morgan fingerprint density at radius 3 is 2.45 bits per heavy atom. The van der Waals surface area contributed by atoms with Crippen LogP contribution in [0.5, 0.6) is 5.75 Å². The molecule has 0 aliphatic heterocycles. The SMILES string of the molecule is O=C([O-])[C@@H](Cc1ccccc1)N=Cc1ccccc1O. The molecule has 1 atom stereocenters. The van der Waals surface area contributed by atoms with Gasteiger partial charge in [0.15, 0.2) is 0 Å². The van der Waals surface area contributed by atoms with E-state index in [1.807, 2.05) is 30.3 Å². The second kappa shape index (κ2) is 6.52. The number of carboxylic acid groups (broad SMARTS) is 1. The molecule has 0 saturated carbocycles. The number of carbonyl (C=O) groups excluding carboxylic acids is 1. The highest BCUT2D eigenvalue weighted by molar-refractivity contribution is 5.85. The van der Waals surface area contributed by atoms with Gasteiger partial charge in [-0.1, -0.05) is 42.5 Å². The van der Waals surface area contributed by atoms with Crippen molar-refractivity contribution in [3.8, 4) is 5.75 Å². The third kappa shape index (κ3) is 3.68. The first-order valence-corrected chi connectivity index (χ1v) is 6.23. The van der Waals surface area contributed by atoms with Crippen LogP contribution in [0.1, 0.15) is 11.1 Å². The third-order valence-corrected chi connectivity index (χ3v) is 2.87. The average Bonchev–Trinajstić information content (AvgIpc) is 2.46. The highest BCUT2D eigenvalue weighted by Crippen LogP contribution is 2.13. The zero-order chi connectivity index (χ0) is 14.4. The van der Waals surface area contributed by atoms with Crippen molar-refractivity contribution in [2.45, 2.75) is 12.5 Å². The number of phenolic OH excluding ortho intramolecular Hbond substituents is 1. The summed E-state index contributed by atoms with van der Waals surface area (Å²) in [4.78, 5) is 15.1. The summed E-state index contributed by atoms with van der Waals surface area (Å²) < 4.78 is 0. The fourth-order valence-electron chi connectivity index (χ4n) is 1.80. The largest absolute Gasteiger partial charge is 0.548 e. The first kappa shape index (κ1) is 13.8. The first-order valence-electron chi connectivity index (χ1n) is 6.23. The topological polar surface area (TPSA) is 72.7 Å². The number of carboxylic acids is 1. The number of nitrogens with zero attached hydrogens (tertiary/aromatic N) is 1. The van der Waals surface area contributed by atoms with Crippen LogP contribution in [0.15, 0.2) is 59.6 Å². The molecule has 0 unspecified atom stereocenters. The van der Waals surface area contributed by atoms with Crippen molar-refractivity contribution in [3.05, 3.63) is 65.7 Å². The van der Waals surface area contributed by atoms with Crippen molar-refractivity contribution >= 4 is 12.2 Å². The molecule has 0 amide bonds. The van der Waals surface area contributed by atoms with Gasteiger partial charge in [0.2, 0.25) is 0 Å². The van der Waals surface area contributed by atoms with Crippen LogP contribution in [0.25, 0.3) is 0 Å². The number of aliphatic imine (C=N–C) groups is 1. The van der Waals surface area contributed by atoms with Gasteiger partial charge in [-0.2, -0.15) is 0 Å². The lowest BCUT2D eigenvalue weighted by atomic mass is 10.1. The molecule has 2 rings (SSSR count). The Labute approximate surface area is 117 Å². The zero-order valence-electron chi connectivity index (χ0n) is 10.8. The number of para-hydroxylation sites is 1. The van der Waals surface area contributed by atoms with Crippen LogP contribution < -0.4 is 5.11 Å². The molecule has 0 saturated heterocycles. The van der Waals surface area contributed by atoms with E-state index in [-0.39, 0.29) is 12.2 Å². The van der Waals surface area contributed by atoms with Crippen molar-refractivity contribution < 1.29 is 15.0 Å². The minimum atomic E-state index is -1.24. The number of aliphatic carboxylic acids is 1. The van der Waals surface area contributed by atoms with Crippen LogP contribution in [0, 0.1) is 0 Å². The smallest absolute Gasteiger partial charge is 0.124 e. The fourth-order valence-corrected chi connectivity index (χ4v) is 1.80. The Balaban J connectivity index is 2.14. The molecule has 0 radical (unpaired) electrons. The molecule has 4 nitrogen and oxygen atoms in total. The minimum Gasteiger partial charge on any atom is -0.548 e. The summed E-state index contributed by atoms with van der Waals surface area (Å²) in [5.74, 6) is -1.17. The molecular weight excluding hydrogens is 254 g/mol. The van der Waals surface area contributed by atoms with Gasteiger partial charge >= 0.3 is 0 Å². The van der Waals surface area contributed by atoms with Gasteiger partial charge in [0.25, 0.3) is 0 Å². The van der Waals surface area contributed by atoms with E-state index < -0.39 is 12.0 Å². The number of hydrogen-bond acceptors (Lipinski definition) is 4. The summed E-state index contributed by atoms with van der Waals surface area (Å²) >= 11 is 0. The van der Waals surface area contributed by atoms with E-state index in [1.54, 1.807) is 18.2 Å². The fraction of sp³-hybridized carbons (Fsp3) is 0.125. The third-order valence-electron chi connectivity index (χ3n) is 2.87. The Hall–Kier alpha value is -2.62. The molecule has 4 heteroatoms. The van der Waals surface area contributed by atoms with Crippen LogP contribution in [0.3, 0.4) is 0 Å². The van der Waals surface area contributed by atoms with Crippen molar-refractivity contribution in [3.63, 3.8) is 0 Å². The second-order valence-corrected chi connectivity index (χ2v) is 4.36. The molecule has 0 bridgehead atoms. The van der Waals surface area contributed by atoms with E-state index in [4.69, 9.17) is 0 Å². The van der Waals surface area contributed by atoms with Crippen molar-refractivity contribution in [2.24, 2.45) is 4.99 Å². The van der Waals surface area contributed by atoms with Gasteiger partial charge in [-0.15, -0.1) is 0 Å². The maximum Gasteiger partial charge on any atom is 0.124 e. The summed E-state index contributed by atoms with van der Waals surface area (Å²) in [6, 6.07) is 14.9. The molecular formula is C16H14NO3-. The van der Waals surface area contributed by atoms with Gasteiger partial charge in [-0.25, -0.2) is 0 Å². The van der Waals surface area contributed by atoms with E-state index in [9.17, 15) is 15.0 Å². The molecule has 2 aromatic rings. The van der Waals surface area contributed by atoms with E-state index >= 15 is 0 Å². The summed E-state index contributed by atoms with van der Waals surface area (Å²) in [5, 5.41) is 20.7. The summed E-state index contributed by atoms with van der Waals surface area (Å²) in [6.45, 7) is 0. The number of phenols is 1. The molecule has 0 aromatic heterocycles. The lowest BCUT2D eigenvalue weighted by Gasteiger charge is -2.13. The van der Waals surface area contributed by atoms with Crippen LogP contribution >= 0.6 is 0 Å². The van der Waals surface area contributed by atoms with Crippen molar-refractivity contribution in [2.75, 3.05) is 0 Å². The Morgan fingerprint density at radius 2 is 1.80 bits per heavy atom. The first-order chi connectivity index (χ1) is 9.66. The minimum absolute atomic E-state index is 0.0630. The number of carbonyl (C=O) groups is 1. The predicted molar refractivity (Wildman–Crippen MR) is 74.6 cm³/mol. The predicted octanol–water partition coefficient (Wildman–Crippen LogP) is 1.17. The lowest BCUT2D eigenvalue weighted by molar-refractivity contribution is -0.307. The number of benzene rings is 2. The highest BCUT2D eigenvalue weighted by Gasteiger charge is 2.08. The van der Waals surface area contributed by atoms with E-state index in [1.165, 1.54) is 12.3 Å². The number of hydrogen-bond donors (Lipinski definition) is 1. The molecule has 20 heavy (non-hydrogen) atoms. The van der Waals surface area contributed by atoms with E-state index in [0.29, 0.717) is 5.56 Å². The van der Waals surface area contributed by atoms with Gasteiger partial charge in [-0.05, 0) is 17.7 Å². The van der Waals surface area contributed by atoms with Crippen LogP contribution in [0.4, 0.5) is 0 Å². The van der Waals surface area contributed by atoms with Gasteiger partial charge < -0.3 is 15.0 Å². The Kier molecular flexibility index (Phi) is 4.50. The normalized spacial score (nSPS) is 12.4. The number of rotatable bonds is 5. The maximum absolute atomic E-state index is 11.1. The van der Waals surface area contributed by atoms with Crippen LogP contribution in [-0.2, 0) is 11.2 Å². The standard InChI is InChI=1S/C16H15NO3/c18-15-9-5-4-8-13(15)11-17-14(16(19)20)10-12-6-2-1-3-7-12/h1-9,11,14,18H,10H2,(H,19,20)/p-1/t14-/m1/s1. The Bertz CT molecular complexity index is 608. The summed E-state index contributed by atoms with van der Waals surface area (Å²) in [5.41, 5.74) is 1.35. The quantitative estimate of drug-likeness (QED) is 0.827. The lowest BCUT2D eigenvalue weighted by Crippen LogP contribution is -2.36. The van der Waals surface area contributed by atoms with E-state index in [0.717, 1.165) is 5.56 Å². The molecule has 1 N–H and O–H groups in total. The van der Waals surface area contributed by atoms with Crippen LogP contribution in [-0.4, -0.2) is 23.3 Å². The summed E-state index contributed by atoms with van der Waals surface area (Å²) in [7, 11) is 0. The Morgan fingerprint density at radius 1 is 1.15 bits per heavy atom. The summed E-state index contributed by atoms with van der Waals surface area (Å²) in [6.07, 6.45) is 1.62. The van der Waals surface area contributed by atoms with Gasteiger partial charge in [0, 0.05) is 18.2 Å². The van der Waals surface area contributed by atoms with Crippen molar-refractivity contribution in [1.82, 2.24) is 0 Å². The molecule has 0 aliphatic rings. The van der Waals surface area contributed by atoms with E-state index in [2.05, 4.69) is 4.99 Å². The maximum atomic E-state index is 11.1. The molecule has 102 valence electrons. The zero-order valence-corrected chi connectivity index (χ0v) is 10.8. The van der Waals surface area contributed by atoms with Gasteiger partial charge in [-0.3, -0.25) is 4.99 Å². The van der Waals surface area contributed by atoms with Gasteiger partial charge in [0.05, 0.1) is 12.0 Å². The monoisotopic (exact) mass is 268 g/mol. The number of aromatic hydroxyl groups is 1. The molecule has 2 aromatic carbocycles.